The van der Waals surface area contributed by atoms with Gasteiger partial charge in [-0.05, 0) is 13.3 Å². The minimum Gasteiger partial charge on any atom is -0.481 e. The summed E-state index contributed by atoms with van der Waals surface area (Å²) >= 11 is 0. The number of hydrogen-bond acceptors (Lipinski definition) is 3. The fourth-order valence-electron chi connectivity index (χ4n) is 1.05. The second-order valence-electron chi connectivity index (χ2n) is 3.26. The summed E-state index contributed by atoms with van der Waals surface area (Å²) in [5, 5.41) is 19.3. The second-order valence-corrected chi connectivity index (χ2v) is 3.26. The first-order valence-corrected chi connectivity index (χ1v) is 4.80. The van der Waals surface area contributed by atoms with Gasteiger partial charge < -0.3 is 15.5 Å². The summed E-state index contributed by atoms with van der Waals surface area (Å²) in [5.41, 5.74) is 0.374. The topological polar surface area (TPSA) is 104 Å². The van der Waals surface area contributed by atoms with Gasteiger partial charge in [-0.3, -0.25) is 9.59 Å². The van der Waals surface area contributed by atoms with Gasteiger partial charge >= 0.3 is 11.9 Å². The van der Waals surface area contributed by atoms with Crippen LogP contribution in [0.5, 0.6) is 0 Å². The number of allylic oxidation sites excluding steroid dienone is 1. The molecule has 0 aromatic rings. The molecular weight excluding hydrogens is 214 g/mol. The number of carbonyl (C=O) groups excluding carboxylic acids is 1. The maximum Gasteiger partial charge on any atom is 0.326 e. The van der Waals surface area contributed by atoms with E-state index < -0.39 is 30.3 Å². The molecule has 6 heteroatoms. The Morgan fingerprint density at radius 3 is 2.25 bits per heavy atom. The van der Waals surface area contributed by atoms with Crippen molar-refractivity contribution in [3.05, 3.63) is 11.6 Å². The Labute approximate surface area is 93.0 Å². The quantitative estimate of drug-likeness (QED) is 0.571. The van der Waals surface area contributed by atoms with Gasteiger partial charge in [-0.15, -0.1) is 0 Å². The zero-order valence-corrected chi connectivity index (χ0v) is 9.19. The Balaban J connectivity index is 4.52. The molecule has 0 unspecified atom stereocenters. The van der Waals surface area contributed by atoms with Gasteiger partial charge in [0, 0.05) is 5.57 Å². The van der Waals surface area contributed by atoms with E-state index in [4.69, 9.17) is 10.2 Å². The highest BCUT2D eigenvalue weighted by Crippen LogP contribution is 1.99. The van der Waals surface area contributed by atoms with Gasteiger partial charge in [-0.2, -0.15) is 0 Å². The summed E-state index contributed by atoms with van der Waals surface area (Å²) in [7, 11) is 0. The van der Waals surface area contributed by atoms with E-state index in [0.29, 0.717) is 12.0 Å². The predicted octanol–water partition coefficient (Wildman–Crippen LogP) is 0.387. The van der Waals surface area contributed by atoms with Crippen molar-refractivity contribution in [1.29, 1.82) is 0 Å². The first-order chi connectivity index (χ1) is 7.38. The van der Waals surface area contributed by atoms with Crippen molar-refractivity contribution in [3.8, 4) is 0 Å². The number of carboxylic acid groups (broad SMARTS) is 2. The summed E-state index contributed by atoms with van der Waals surface area (Å²) in [5.74, 6) is -3.19. The molecule has 0 spiro atoms. The third kappa shape index (κ3) is 5.14. The molecule has 0 saturated heterocycles. The van der Waals surface area contributed by atoms with Crippen LogP contribution >= 0.6 is 0 Å². The van der Waals surface area contributed by atoms with Crippen molar-refractivity contribution < 1.29 is 24.6 Å². The molecule has 90 valence electrons. The van der Waals surface area contributed by atoms with Crippen LogP contribution in [-0.4, -0.2) is 34.1 Å². The van der Waals surface area contributed by atoms with Crippen molar-refractivity contribution >= 4 is 17.8 Å². The lowest BCUT2D eigenvalue weighted by atomic mass is 10.1. The van der Waals surface area contributed by atoms with Crippen LogP contribution in [0.2, 0.25) is 0 Å². The Morgan fingerprint density at radius 1 is 1.31 bits per heavy atom. The maximum absolute atomic E-state index is 11.4. The van der Waals surface area contributed by atoms with Gasteiger partial charge in [-0.25, -0.2) is 4.79 Å². The number of nitrogens with one attached hydrogen (secondary N) is 1. The lowest BCUT2D eigenvalue weighted by Gasteiger charge is -2.12. The molecule has 0 aromatic heterocycles. The largest absolute Gasteiger partial charge is 0.481 e. The van der Waals surface area contributed by atoms with Crippen molar-refractivity contribution in [2.24, 2.45) is 0 Å². The summed E-state index contributed by atoms with van der Waals surface area (Å²) < 4.78 is 0. The van der Waals surface area contributed by atoms with Gasteiger partial charge in [0.1, 0.15) is 6.04 Å². The molecule has 0 bridgehead atoms. The molecule has 0 rings (SSSR count). The van der Waals surface area contributed by atoms with Crippen LogP contribution in [0.3, 0.4) is 0 Å². The lowest BCUT2D eigenvalue weighted by molar-refractivity contribution is -0.146. The smallest absolute Gasteiger partial charge is 0.326 e. The fourth-order valence-corrected chi connectivity index (χ4v) is 1.05. The highest BCUT2D eigenvalue weighted by Gasteiger charge is 2.23. The molecule has 0 heterocycles. The average molecular weight is 229 g/mol. The highest BCUT2D eigenvalue weighted by molar-refractivity contribution is 5.96. The third-order valence-electron chi connectivity index (χ3n) is 1.85. The van der Waals surface area contributed by atoms with Crippen LogP contribution < -0.4 is 5.32 Å². The second kappa shape index (κ2) is 6.60. The molecule has 0 aromatic carbocycles. The number of aliphatic carboxylic acids is 2. The first kappa shape index (κ1) is 14.2. The summed E-state index contributed by atoms with van der Waals surface area (Å²) in [6.45, 7) is 3.38. The molecule has 0 saturated carbocycles. The van der Waals surface area contributed by atoms with Crippen molar-refractivity contribution in [2.45, 2.75) is 32.7 Å². The van der Waals surface area contributed by atoms with E-state index in [0.717, 1.165) is 0 Å². The molecule has 16 heavy (non-hydrogen) atoms. The van der Waals surface area contributed by atoms with Crippen molar-refractivity contribution in [3.63, 3.8) is 0 Å². The molecule has 6 nitrogen and oxygen atoms in total. The van der Waals surface area contributed by atoms with Crippen molar-refractivity contribution in [1.82, 2.24) is 5.32 Å². The van der Waals surface area contributed by atoms with E-state index in [-0.39, 0.29) is 0 Å². The zero-order chi connectivity index (χ0) is 12.7. The molecule has 3 N–H and O–H groups in total. The van der Waals surface area contributed by atoms with Crippen LogP contribution in [-0.2, 0) is 14.4 Å². The molecule has 0 aliphatic heterocycles. The summed E-state index contributed by atoms with van der Waals surface area (Å²) in [6, 6.07) is -1.40. The molecule has 0 radical (unpaired) electrons. The first-order valence-electron chi connectivity index (χ1n) is 4.80. The van der Waals surface area contributed by atoms with Crippen LogP contribution in [0.25, 0.3) is 0 Å². The maximum atomic E-state index is 11.4. The number of carbonyl (C=O) groups is 3. The Morgan fingerprint density at radius 2 is 1.88 bits per heavy atom. The van der Waals surface area contributed by atoms with Crippen molar-refractivity contribution in [2.75, 3.05) is 0 Å². The van der Waals surface area contributed by atoms with Crippen LogP contribution in [0.1, 0.15) is 26.7 Å². The number of hydrogen-bond donors (Lipinski definition) is 3. The van der Waals surface area contributed by atoms with Crippen LogP contribution in [0.15, 0.2) is 11.6 Å². The number of rotatable bonds is 6. The van der Waals surface area contributed by atoms with Gasteiger partial charge in [0.15, 0.2) is 0 Å². The molecule has 0 aliphatic carbocycles. The van der Waals surface area contributed by atoms with E-state index in [1.165, 1.54) is 0 Å². The van der Waals surface area contributed by atoms with Crippen LogP contribution in [0.4, 0.5) is 0 Å². The minimum atomic E-state index is -1.40. The monoisotopic (exact) mass is 229 g/mol. The summed E-state index contributed by atoms with van der Waals surface area (Å²) in [6.07, 6.45) is 1.64. The Hall–Kier alpha value is -1.85. The molecule has 0 aliphatic rings. The van der Waals surface area contributed by atoms with Gasteiger partial charge in [0.05, 0.1) is 6.42 Å². The normalized spacial score (nSPS) is 13.0. The third-order valence-corrected chi connectivity index (χ3v) is 1.85. The number of amides is 1. The van der Waals surface area contributed by atoms with Gasteiger partial charge in [0.25, 0.3) is 0 Å². The lowest BCUT2D eigenvalue weighted by Crippen LogP contribution is -2.42. The Kier molecular flexibility index (Phi) is 5.84. The molecular formula is C10H15NO5. The van der Waals surface area contributed by atoms with E-state index in [9.17, 15) is 14.4 Å². The highest BCUT2D eigenvalue weighted by atomic mass is 16.4. The zero-order valence-electron chi connectivity index (χ0n) is 9.19. The fraction of sp³-hybridized carbons (Fsp3) is 0.500. The molecule has 1 amide bonds. The minimum absolute atomic E-state index is 0.374. The molecule has 1 atom stereocenters. The van der Waals surface area contributed by atoms with E-state index in [1.54, 1.807) is 13.0 Å². The average Bonchev–Trinajstić information content (AvgIpc) is 2.16. The number of carboxylic acids is 2. The molecule has 0 fully saturated rings. The summed E-state index contributed by atoms with van der Waals surface area (Å²) in [4.78, 5) is 32.4. The van der Waals surface area contributed by atoms with Crippen LogP contribution in [0, 0.1) is 0 Å². The van der Waals surface area contributed by atoms with E-state index in [1.807, 2.05) is 6.92 Å². The Bertz CT molecular complexity index is 321. The van der Waals surface area contributed by atoms with Gasteiger partial charge in [-0.1, -0.05) is 13.0 Å². The van der Waals surface area contributed by atoms with Gasteiger partial charge in [0.2, 0.25) is 5.91 Å². The van der Waals surface area contributed by atoms with E-state index >= 15 is 0 Å². The SMILES string of the molecule is CC/C=C(/C)C(=O)N[C@H](CC(=O)O)C(=O)O. The predicted molar refractivity (Wildman–Crippen MR) is 55.9 cm³/mol. The van der Waals surface area contributed by atoms with E-state index in [2.05, 4.69) is 5.32 Å². The standard InChI is InChI=1S/C10H15NO5/c1-3-4-6(2)9(14)11-7(10(15)16)5-8(12)13/h4,7H,3,5H2,1-2H3,(H,11,14)(H,12,13)(H,15,16)/b6-4-/t7-/m1/s1.